The third-order valence-electron chi connectivity index (χ3n) is 2.80. The van der Waals surface area contributed by atoms with E-state index in [1.165, 1.54) is 5.57 Å². The van der Waals surface area contributed by atoms with Crippen LogP contribution in [0.5, 0.6) is 0 Å². The molecule has 1 aromatic carbocycles. The van der Waals surface area contributed by atoms with E-state index in [-0.39, 0.29) is 0 Å². The summed E-state index contributed by atoms with van der Waals surface area (Å²) >= 11 is 0. The standard InChI is InChI=1S/C16H22N2/c1-4-14(12-18-11-13(2)3)9-15-7-5-6-8-16(15)10-17/h5-9,13,18H,4,11-12H2,1-3H3/b14-9-. The summed E-state index contributed by atoms with van der Waals surface area (Å²) in [4.78, 5) is 0. The first-order valence-electron chi connectivity index (χ1n) is 6.56. The fourth-order valence-corrected chi connectivity index (χ4v) is 1.74. The summed E-state index contributed by atoms with van der Waals surface area (Å²) in [7, 11) is 0. The van der Waals surface area contributed by atoms with Gasteiger partial charge < -0.3 is 5.32 Å². The summed E-state index contributed by atoms with van der Waals surface area (Å²) in [6, 6.07) is 9.97. The molecule has 0 atom stereocenters. The van der Waals surface area contributed by atoms with E-state index < -0.39 is 0 Å². The van der Waals surface area contributed by atoms with Gasteiger partial charge in [0.15, 0.2) is 0 Å². The lowest BCUT2D eigenvalue weighted by atomic mass is 10.0. The van der Waals surface area contributed by atoms with Gasteiger partial charge in [0, 0.05) is 6.54 Å². The fraction of sp³-hybridized carbons (Fsp3) is 0.438. The van der Waals surface area contributed by atoms with Crippen LogP contribution in [0.4, 0.5) is 0 Å². The van der Waals surface area contributed by atoms with Crippen molar-refractivity contribution >= 4 is 6.08 Å². The van der Waals surface area contributed by atoms with E-state index in [9.17, 15) is 0 Å². The third kappa shape index (κ3) is 4.73. The van der Waals surface area contributed by atoms with Crippen molar-refractivity contribution in [3.63, 3.8) is 0 Å². The smallest absolute Gasteiger partial charge is 0.0997 e. The Kier molecular flexibility index (Phi) is 6.18. The zero-order chi connectivity index (χ0) is 13.4. The Bertz CT molecular complexity index is 439. The molecule has 0 heterocycles. The van der Waals surface area contributed by atoms with Gasteiger partial charge in [0.1, 0.15) is 0 Å². The SMILES string of the molecule is CC/C(=C/c1ccccc1C#N)CNCC(C)C. The van der Waals surface area contributed by atoms with E-state index in [0.717, 1.165) is 30.6 Å². The molecule has 1 rings (SSSR count). The van der Waals surface area contributed by atoms with Gasteiger partial charge in [0.2, 0.25) is 0 Å². The van der Waals surface area contributed by atoms with Crippen molar-refractivity contribution in [2.75, 3.05) is 13.1 Å². The summed E-state index contributed by atoms with van der Waals surface area (Å²) in [5.41, 5.74) is 3.09. The van der Waals surface area contributed by atoms with Crippen LogP contribution in [0.15, 0.2) is 29.8 Å². The molecule has 0 aliphatic heterocycles. The van der Waals surface area contributed by atoms with Crippen LogP contribution in [0.3, 0.4) is 0 Å². The van der Waals surface area contributed by atoms with Crippen LogP contribution in [0.2, 0.25) is 0 Å². The third-order valence-corrected chi connectivity index (χ3v) is 2.80. The Labute approximate surface area is 110 Å². The molecule has 0 aliphatic carbocycles. The number of hydrogen-bond acceptors (Lipinski definition) is 2. The normalized spacial score (nSPS) is 11.6. The molecule has 0 unspecified atom stereocenters. The highest BCUT2D eigenvalue weighted by molar-refractivity contribution is 5.60. The lowest BCUT2D eigenvalue weighted by Gasteiger charge is -2.10. The minimum Gasteiger partial charge on any atom is -0.313 e. The summed E-state index contributed by atoms with van der Waals surface area (Å²) < 4.78 is 0. The van der Waals surface area contributed by atoms with Crippen LogP contribution in [0, 0.1) is 17.2 Å². The number of nitrogens with one attached hydrogen (secondary N) is 1. The average Bonchev–Trinajstić information content (AvgIpc) is 2.37. The molecule has 0 aromatic heterocycles. The number of nitrogens with zero attached hydrogens (tertiary/aromatic N) is 1. The van der Waals surface area contributed by atoms with Crippen molar-refractivity contribution in [3.8, 4) is 6.07 Å². The molecule has 96 valence electrons. The fourth-order valence-electron chi connectivity index (χ4n) is 1.74. The molecule has 0 bridgehead atoms. The Morgan fingerprint density at radius 2 is 2.11 bits per heavy atom. The minimum atomic E-state index is 0.662. The van der Waals surface area contributed by atoms with Crippen LogP contribution in [-0.4, -0.2) is 13.1 Å². The average molecular weight is 242 g/mol. The first kappa shape index (κ1) is 14.5. The van der Waals surface area contributed by atoms with E-state index >= 15 is 0 Å². The predicted octanol–water partition coefficient (Wildman–Crippen LogP) is 3.60. The van der Waals surface area contributed by atoms with Gasteiger partial charge in [-0.2, -0.15) is 5.26 Å². The Balaban J connectivity index is 2.75. The second-order valence-corrected chi connectivity index (χ2v) is 4.88. The van der Waals surface area contributed by atoms with Gasteiger partial charge in [-0.3, -0.25) is 0 Å². The maximum atomic E-state index is 9.06. The molecule has 2 nitrogen and oxygen atoms in total. The number of nitriles is 1. The maximum Gasteiger partial charge on any atom is 0.0997 e. The molecule has 0 saturated heterocycles. The summed E-state index contributed by atoms with van der Waals surface area (Å²) in [5.74, 6) is 0.662. The van der Waals surface area contributed by atoms with Crippen molar-refractivity contribution in [2.45, 2.75) is 27.2 Å². The van der Waals surface area contributed by atoms with Crippen LogP contribution in [0.1, 0.15) is 38.3 Å². The van der Waals surface area contributed by atoms with Gasteiger partial charge >= 0.3 is 0 Å². The van der Waals surface area contributed by atoms with Gasteiger partial charge in [0.05, 0.1) is 11.6 Å². The highest BCUT2D eigenvalue weighted by Crippen LogP contribution is 2.13. The first-order valence-corrected chi connectivity index (χ1v) is 6.56. The summed E-state index contributed by atoms with van der Waals surface area (Å²) in [6.45, 7) is 8.48. The molecular formula is C16H22N2. The van der Waals surface area contributed by atoms with Crippen molar-refractivity contribution in [1.29, 1.82) is 5.26 Å². The molecular weight excluding hydrogens is 220 g/mol. The second-order valence-electron chi connectivity index (χ2n) is 4.88. The van der Waals surface area contributed by atoms with Crippen molar-refractivity contribution in [1.82, 2.24) is 5.32 Å². The molecule has 0 saturated carbocycles. The lowest BCUT2D eigenvalue weighted by molar-refractivity contribution is 0.569. The topological polar surface area (TPSA) is 35.8 Å². The predicted molar refractivity (Wildman–Crippen MR) is 77.1 cm³/mol. The van der Waals surface area contributed by atoms with E-state index in [0.29, 0.717) is 5.92 Å². The highest BCUT2D eigenvalue weighted by Gasteiger charge is 2.01. The van der Waals surface area contributed by atoms with E-state index in [1.807, 2.05) is 24.3 Å². The quantitative estimate of drug-likeness (QED) is 0.827. The number of benzene rings is 1. The van der Waals surface area contributed by atoms with Crippen LogP contribution >= 0.6 is 0 Å². The first-order chi connectivity index (χ1) is 8.67. The Hall–Kier alpha value is -1.59. The van der Waals surface area contributed by atoms with Crippen molar-refractivity contribution in [2.24, 2.45) is 5.92 Å². The minimum absolute atomic E-state index is 0.662. The molecule has 18 heavy (non-hydrogen) atoms. The van der Waals surface area contributed by atoms with Gasteiger partial charge in [-0.15, -0.1) is 0 Å². The molecule has 1 aromatic rings. The molecule has 1 N–H and O–H groups in total. The molecule has 2 heteroatoms. The lowest BCUT2D eigenvalue weighted by Crippen LogP contribution is -2.21. The zero-order valence-electron chi connectivity index (χ0n) is 11.5. The molecule has 0 spiro atoms. The summed E-state index contributed by atoms with van der Waals surface area (Å²) in [6.07, 6.45) is 3.14. The Morgan fingerprint density at radius 1 is 1.39 bits per heavy atom. The van der Waals surface area contributed by atoms with Crippen molar-refractivity contribution < 1.29 is 0 Å². The Morgan fingerprint density at radius 3 is 2.72 bits per heavy atom. The maximum absolute atomic E-state index is 9.06. The summed E-state index contributed by atoms with van der Waals surface area (Å²) in [5, 5.41) is 12.5. The van der Waals surface area contributed by atoms with Gasteiger partial charge in [0.25, 0.3) is 0 Å². The largest absolute Gasteiger partial charge is 0.313 e. The number of hydrogen-bond donors (Lipinski definition) is 1. The molecule has 0 aliphatic rings. The van der Waals surface area contributed by atoms with Crippen LogP contribution < -0.4 is 5.32 Å². The van der Waals surface area contributed by atoms with Crippen LogP contribution in [0.25, 0.3) is 6.08 Å². The van der Waals surface area contributed by atoms with Gasteiger partial charge in [-0.05, 0) is 30.5 Å². The highest BCUT2D eigenvalue weighted by atomic mass is 14.9. The van der Waals surface area contributed by atoms with Crippen LogP contribution in [-0.2, 0) is 0 Å². The molecule has 0 amide bonds. The van der Waals surface area contributed by atoms with Gasteiger partial charge in [-0.1, -0.05) is 50.6 Å². The molecule has 0 fully saturated rings. The van der Waals surface area contributed by atoms with E-state index in [1.54, 1.807) is 0 Å². The molecule has 0 radical (unpaired) electrons. The van der Waals surface area contributed by atoms with E-state index in [2.05, 4.69) is 38.2 Å². The van der Waals surface area contributed by atoms with Gasteiger partial charge in [-0.25, -0.2) is 0 Å². The van der Waals surface area contributed by atoms with E-state index in [4.69, 9.17) is 5.26 Å². The number of rotatable bonds is 6. The van der Waals surface area contributed by atoms with Crippen molar-refractivity contribution in [3.05, 3.63) is 41.0 Å². The second kappa shape index (κ2) is 7.68. The monoisotopic (exact) mass is 242 g/mol. The zero-order valence-corrected chi connectivity index (χ0v) is 11.5.